The van der Waals surface area contributed by atoms with E-state index in [0.29, 0.717) is 28.1 Å². The largest absolute Gasteiger partial charge is 0.495 e. The van der Waals surface area contributed by atoms with E-state index in [1.165, 1.54) is 19.1 Å². The van der Waals surface area contributed by atoms with Gasteiger partial charge in [0, 0.05) is 16.5 Å². The van der Waals surface area contributed by atoms with Crippen molar-refractivity contribution in [2.75, 3.05) is 25.7 Å². The van der Waals surface area contributed by atoms with E-state index in [1.54, 1.807) is 45.0 Å². The maximum absolute atomic E-state index is 13.3. The number of amides is 1. The van der Waals surface area contributed by atoms with Gasteiger partial charge in [-0.25, -0.2) is 14.6 Å². The summed E-state index contributed by atoms with van der Waals surface area (Å²) in [6.45, 7) is 8.96. The molecule has 0 fully saturated rings. The minimum absolute atomic E-state index is 0.0822. The summed E-state index contributed by atoms with van der Waals surface area (Å²) in [6, 6.07) is 16.3. The van der Waals surface area contributed by atoms with Crippen LogP contribution in [0.5, 0.6) is 5.75 Å². The van der Waals surface area contributed by atoms with Gasteiger partial charge in [-0.3, -0.25) is 4.90 Å². The van der Waals surface area contributed by atoms with Crippen molar-refractivity contribution in [3.63, 3.8) is 0 Å². The molecule has 35 heavy (non-hydrogen) atoms. The van der Waals surface area contributed by atoms with Gasteiger partial charge in [-0.1, -0.05) is 30.8 Å². The van der Waals surface area contributed by atoms with Crippen LogP contribution in [0.3, 0.4) is 0 Å². The van der Waals surface area contributed by atoms with Gasteiger partial charge < -0.3 is 14.2 Å². The van der Waals surface area contributed by atoms with Gasteiger partial charge in [0.05, 0.1) is 38.2 Å². The lowest BCUT2D eigenvalue weighted by atomic mass is 10.0. The van der Waals surface area contributed by atoms with Gasteiger partial charge in [0.15, 0.2) is 0 Å². The molecule has 0 saturated carbocycles. The lowest BCUT2D eigenvalue weighted by molar-refractivity contribution is 0.0577. The zero-order valence-electron chi connectivity index (χ0n) is 20.4. The Morgan fingerprint density at radius 2 is 1.83 bits per heavy atom. The number of nitriles is 1. The molecule has 0 aliphatic rings. The van der Waals surface area contributed by atoms with Crippen LogP contribution in [0, 0.1) is 11.3 Å². The van der Waals surface area contributed by atoms with Gasteiger partial charge in [0.1, 0.15) is 17.0 Å². The Hall–Kier alpha value is -4.38. The van der Waals surface area contributed by atoms with E-state index in [9.17, 15) is 14.9 Å². The average molecular weight is 474 g/mol. The van der Waals surface area contributed by atoms with E-state index in [0.717, 1.165) is 5.39 Å². The molecule has 0 spiro atoms. The van der Waals surface area contributed by atoms with Crippen LogP contribution in [0.15, 0.2) is 60.7 Å². The van der Waals surface area contributed by atoms with Crippen LogP contribution in [-0.2, 0) is 9.47 Å². The molecule has 0 bridgehead atoms. The number of carbonyl (C=O) groups is 2. The number of hydrogen-bond donors (Lipinski definition) is 0. The maximum Gasteiger partial charge on any atom is 0.415 e. The fourth-order valence-corrected chi connectivity index (χ4v) is 3.48. The normalized spacial score (nSPS) is 10.9. The smallest absolute Gasteiger partial charge is 0.415 e. The molecule has 0 aliphatic carbocycles. The van der Waals surface area contributed by atoms with Crippen LogP contribution in [0.1, 0.15) is 31.3 Å². The van der Waals surface area contributed by atoms with Gasteiger partial charge in [-0.2, -0.15) is 5.26 Å². The molecular formula is C27H27N3O5. The number of nitrogens with zero attached hydrogens (tertiary/aromatic N) is 3. The molecule has 0 aliphatic heterocycles. The second-order valence-corrected chi connectivity index (χ2v) is 8.73. The number of methoxy groups -OCH3 is 2. The maximum atomic E-state index is 13.3. The molecule has 2 aromatic carbocycles. The standard InChI is InChI=1S/C27H27N3O5/c1-17(15-28)16-30(26(32)35-27(2,3)4)24-20-14-19(11-10-18(20)12-13-23(24)33-5)21-8-7-9-22(29-21)25(31)34-6/h7-14H,1,16H2,2-6H3. The summed E-state index contributed by atoms with van der Waals surface area (Å²) in [5.74, 6) is -0.122. The van der Waals surface area contributed by atoms with E-state index >= 15 is 0 Å². The molecule has 1 amide bonds. The van der Waals surface area contributed by atoms with Gasteiger partial charge in [-0.15, -0.1) is 0 Å². The zero-order chi connectivity index (χ0) is 25.8. The number of ether oxygens (including phenoxy) is 3. The number of esters is 1. The van der Waals surface area contributed by atoms with Gasteiger partial charge in [0.25, 0.3) is 0 Å². The monoisotopic (exact) mass is 473 g/mol. The molecule has 1 heterocycles. The molecular weight excluding hydrogens is 446 g/mol. The van der Waals surface area contributed by atoms with E-state index in [1.807, 2.05) is 30.3 Å². The quantitative estimate of drug-likeness (QED) is 0.343. The first kappa shape index (κ1) is 25.2. The Morgan fingerprint density at radius 1 is 1.11 bits per heavy atom. The van der Waals surface area contributed by atoms with E-state index in [-0.39, 0.29) is 17.8 Å². The van der Waals surface area contributed by atoms with Crippen LogP contribution >= 0.6 is 0 Å². The van der Waals surface area contributed by atoms with Crippen LogP contribution in [0.25, 0.3) is 22.0 Å². The first-order valence-electron chi connectivity index (χ1n) is 10.8. The molecule has 8 heteroatoms. The minimum atomic E-state index is -0.759. The highest BCUT2D eigenvalue weighted by Crippen LogP contribution is 2.39. The lowest BCUT2D eigenvalue weighted by Gasteiger charge is -2.29. The molecule has 0 radical (unpaired) electrons. The van der Waals surface area contributed by atoms with Crippen molar-refractivity contribution >= 4 is 28.5 Å². The Morgan fingerprint density at radius 3 is 2.46 bits per heavy atom. The Labute approximate surface area is 204 Å². The van der Waals surface area contributed by atoms with Crippen LogP contribution < -0.4 is 9.64 Å². The van der Waals surface area contributed by atoms with Crippen LogP contribution in [0.2, 0.25) is 0 Å². The summed E-state index contributed by atoms with van der Waals surface area (Å²) in [6.07, 6.45) is -0.643. The number of hydrogen-bond acceptors (Lipinski definition) is 7. The van der Waals surface area contributed by atoms with Crippen molar-refractivity contribution < 1.29 is 23.8 Å². The number of aromatic nitrogens is 1. The first-order chi connectivity index (χ1) is 16.6. The van der Waals surface area contributed by atoms with E-state index in [2.05, 4.69) is 11.6 Å². The number of pyridine rings is 1. The Balaban J connectivity index is 2.24. The van der Waals surface area contributed by atoms with E-state index in [4.69, 9.17) is 14.2 Å². The summed E-state index contributed by atoms with van der Waals surface area (Å²) >= 11 is 0. The van der Waals surface area contributed by atoms with Crippen molar-refractivity contribution in [1.82, 2.24) is 4.98 Å². The molecule has 0 N–H and O–H groups in total. The van der Waals surface area contributed by atoms with Crippen LogP contribution in [-0.4, -0.2) is 43.4 Å². The highest BCUT2D eigenvalue weighted by Gasteiger charge is 2.28. The summed E-state index contributed by atoms with van der Waals surface area (Å²) in [5.41, 5.74) is 1.29. The molecule has 180 valence electrons. The van der Waals surface area contributed by atoms with Crippen molar-refractivity contribution in [3.8, 4) is 23.1 Å². The highest BCUT2D eigenvalue weighted by atomic mass is 16.6. The Kier molecular flexibility index (Phi) is 7.40. The lowest BCUT2D eigenvalue weighted by Crippen LogP contribution is -2.38. The van der Waals surface area contributed by atoms with Gasteiger partial charge in [0.2, 0.25) is 0 Å². The molecule has 3 aromatic rings. The van der Waals surface area contributed by atoms with E-state index < -0.39 is 17.7 Å². The predicted molar refractivity (Wildman–Crippen MR) is 133 cm³/mol. The van der Waals surface area contributed by atoms with Crippen molar-refractivity contribution in [2.24, 2.45) is 0 Å². The fraction of sp³-hybridized carbons (Fsp3) is 0.259. The number of benzene rings is 2. The third kappa shape index (κ3) is 5.76. The minimum Gasteiger partial charge on any atom is -0.495 e. The third-order valence-electron chi connectivity index (χ3n) is 5.01. The molecule has 1 aromatic heterocycles. The SMILES string of the molecule is C=C(C#N)CN(C(=O)OC(C)(C)C)c1c(OC)ccc2ccc(-c3cccc(C(=O)OC)n3)cc12. The predicted octanol–water partition coefficient (Wildman–Crippen LogP) is 5.52. The molecule has 0 saturated heterocycles. The highest BCUT2D eigenvalue weighted by molar-refractivity contribution is 6.06. The van der Waals surface area contributed by atoms with Gasteiger partial charge >= 0.3 is 12.1 Å². The molecule has 8 nitrogen and oxygen atoms in total. The summed E-state index contributed by atoms with van der Waals surface area (Å²) in [4.78, 5) is 31.0. The summed E-state index contributed by atoms with van der Waals surface area (Å²) in [7, 11) is 2.80. The van der Waals surface area contributed by atoms with Crippen molar-refractivity contribution in [1.29, 1.82) is 5.26 Å². The summed E-state index contributed by atoms with van der Waals surface area (Å²) < 4.78 is 16.0. The fourth-order valence-electron chi connectivity index (χ4n) is 3.48. The zero-order valence-corrected chi connectivity index (χ0v) is 20.4. The number of rotatable bonds is 6. The van der Waals surface area contributed by atoms with Crippen molar-refractivity contribution in [2.45, 2.75) is 26.4 Å². The second kappa shape index (κ2) is 10.3. The topological polar surface area (TPSA) is 102 Å². The van der Waals surface area contributed by atoms with Crippen LogP contribution in [0.4, 0.5) is 10.5 Å². The molecule has 0 atom stereocenters. The number of anilines is 1. The summed E-state index contributed by atoms with van der Waals surface area (Å²) in [5, 5.41) is 10.9. The van der Waals surface area contributed by atoms with Gasteiger partial charge in [-0.05, 0) is 50.4 Å². The Bertz CT molecular complexity index is 1330. The first-order valence-corrected chi connectivity index (χ1v) is 10.8. The molecule has 3 rings (SSSR count). The third-order valence-corrected chi connectivity index (χ3v) is 5.01. The number of carbonyl (C=O) groups excluding carboxylic acids is 2. The molecule has 0 unspecified atom stereocenters. The van der Waals surface area contributed by atoms with Crippen molar-refractivity contribution in [3.05, 3.63) is 66.4 Å². The number of fused-ring (bicyclic) bond motifs is 1. The second-order valence-electron chi connectivity index (χ2n) is 8.73. The average Bonchev–Trinajstić information content (AvgIpc) is 2.84.